The van der Waals surface area contributed by atoms with Gasteiger partial charge in [0.25, 0.3) is 5.56 Å². The second-order valence-corrected chi connectivity index (χ2v) is 6.42. The number of nitrogens with zero attached hydrogens (tertiary/aromatic N) is 3. The van der Waals surface area contributed by atoms with Gasteiger partial charge in [-0.1, -0.05) is 12.1 Å². The van der Waals surface area contributed by atoms with Crippen LogP contribution >= 0.6 is 0 Å². The lowest BCUT2D eigenvalue weighted by molar-refractivity contribution is -0.116. The highest BCUT2D eigenvalue weighted by Crippen LogP contribution is 2.18. The zero-order chi connectivity index (χ0) is 19.2. The normalized spacial score (nSPS) is 10.6. The van der Waals surface area contributed by atoms with Crippen molar-refractivity contribution >= 4 is 11.6 Å². The minimum absolute atomic E-state index is 0.0693. The second-order valence-electron chi connectivity index (χ2n) is 6.42. The van der Waals surface area contributed by atoms with Crippen molar-refractivity contribution in [1.82, 2.24) is 14.8 Å². The summed E-state index contributed by atoms with van der Waals surface area (Å²) in [7, 11) is 0. The van der Waals surface area contributed by atoms with Crippen molar-refractivity contribution in [3.8, 4) is 11.3 Å². The summed E-state index contributed by atoms with van der Waals surface area (Å²) in [6, 6.07) is 12.7. The molecule has 138 valence electrons. The summed E-state index contributed by atoms with van der Waals surface area (Å²) in [4.78, 5) is 28.3. The first kappa shape index (κ1) is 18.5. The number of rotatable bonds is 6. The van der Waals surface area contributed by atoms with Gasteiger partial charge in [-0.3, -0.25) is 14.6 Å². The Hall–Kier alpha value is -3.28. The van der Waals surface area contributed by atoms with Crippen molar-refractivity contribution in [3.63, 3.8) is 0 Å². The van der Waals surface area contributed by atoms with E-state index in [2.05, 4.69) is 15.4 Å². The number of carbonyl (C=O) groups excluding carboxylic acids is 1. The Balaban J connectivity index is 1.61. The molecule has 6 nitrogen and oxygen atoms in total. The van der Waals surface area contributed by atoms with Crippen LogP contribution in [0.2, 0.25) is 0 Å². The molecule has 0 unspecified atom stereocenters. The number of anilines is 1. The van der Waals surface area contributed by atoms with E-state index in [0.717, 1.165) is 22.4 Å². The molecule has 27 heavy (non-hydrogen) atoms. The molecule has 0 spiro atoms. The molecular weight excluding hydrogens is 340 g/mol. The SMILES string of the molecule is Cc1cccc(NC(=O)CCCn2nc(-c3cccnc3)ccc2=O)c1C. The van der Waals surface area contributed by atoms with Gasteiger partial charge in [0.05, 0.1) is 5.69 Å². The predicted molar refractivity (Wildman–Crippen MR) is 106 cm³/mol. The van der Waals surface area contributed by atoms with Crippen LogP contribution in [-0.2, 0) is 11.3 Å². The Morgan fingerprint density at radius 1 is 1.11 bits per heavy atom. The van der Waals surface area contributed by atoms with Crippen LogP contribution in [0.4, 0.5) is 5.69 Å². The summed E-state index contributed by atoms with van der Waals surface area (Å²) in [5.74, 6) is -0.0693. The van der Waals surface area contributed by atoms with Gasteiger partial charge in [-0.2, -0.15) is 5.10 Å². The van der Waals surface area contributed by atoms with E-state index in [0.29, 0.717) is 25.1 Å². The molecular formula is C21H22N4O2. The number of benzene rings is 1. The van der Waals surface area contributed by atoms with Gasteiger partial charge in [0.15, 0.2) is 0 Å². The zero-order valence-electron chi connectivity index (χ0n) is 15.5. The van der Waals surface area contributed by atoms with Gasteiger partial charge in [0.2, 0.25) is 5.91 Å². The molecule has 0 aliphatic rings. The average molecular weight is 362 g/mol. The van der Waals surface area contributed by atoms with Crippen molar-refractivity contribution in [2.45, 2.75) is 33.2 Å². The van der Waals surface area contributed by atoms with E-state index >= 15 is 0 Å². The van der Waals surface area contributed by atoms with E-state index in [9.17, 15) is 9.59 Å². The van der Waals surface area contributed by atoms with Crippen molar-refractivity contribution < 1.29 is 4.79 Å². The van der Waals surface area contributed by atoms with Gasteiger partial charge < -0.3 is 5.32 Å². The first-order valence-corrected chi connectivity index (χ1v) is 8.89. The number of carbonyl (C=O) groups is 1. The number of amides is 1. The summed E-state index contributed by atoms with van der Waals surface area (Å²) in [6.45, 7) is 4.38. The van der Waals surface area contributed by atoms with Crippen molar-refractivity contribution in [2.75, 3.05) is 5.32 Å². The summed E-state index contributed by atoms with van der Waals surface area (Å²) in [5, 5.41) is 7.32. The molecule has 3 aromatic rings. The quantitative estimate of drug-likeness (QED) is 0.730. The van der Waals surface area contributed by atoms with E-state index in [1.165, 1.54) is 10.7 Å². The van der Waals surface area contributed by atoms with Crippen LogP contribution in [0.25, 0.3) is 11.3 Å². The molecule has 0 aliphatic carbocycles. The zero-order valence-corrected chi connectivity index (χ0v) is 15.5. The Labute approximate surface area is 157 Å². The molecule has 1 N–H and O–H groups in total. The molecule has 2 aromatic heterocycles. The lowest BCUT2D eigenvalue weighted by Crippen LogP contribution is -2.23. The molecule has 0 fully saturated rings. The maximum Gasteiger partial charge on any atom is 0.266 e. The lowest BCUT2D eigenvalue weighted by atomic mass is 10.1. The fourth-order valence-corrected chi connectivity index (χ4v) is 2.77. The van der Waals surface area contributed by atoms with Crippen LogP contribution in [0, 0.1) is 13.8 Å². The van der Waals surface area contributed by atoms with Gasteiger partial charge >= 0.3 is 0 Å². The number of aromatic nitrogens is 3. The van der Waals surface area contributed by atoms with Crippen molar-refractivity contribution in [3.05, 3.63) is 76.3 Å². The van der Waals surface area contributed by atoms with Crippen molar-refractivity contribution in [1.29, 1.82) is 0 Å². The number of hydrogen-bond acceptors (Lipinski definition) is 4. The van der Waals surface area contributed by atoms with E-state index in [1.54, 1.807) is 18.5 Å². The fraction of sp³-hybridized carbons (Fsp3) is 0.238. The maximum atomic E-state index is 12.2. The van der Waals surface area contributed by atoms with Crippen molar-refractivity contribution in [2.24, 2.45) is 0 Å². The minimum atomic E-state index is -0.183. The Morgan fingerprint density at radius 3 is 2.74 bits per heavy atom. The highest BCUT2D eigenvalue weighted by atomic mass is 16.1. The molecule has 0 radical (unpaired) electrons. The number of nitrogens with one attached hydrogen (secondary N) is 1. The Bertz CT molecular complexity index is 997. The maximum absolute atomic E-state index is 12.2. The highest BCUT2D eigenvalue weighted by molar-refractivity contribution is 5.91. The second kappa shape index (κ2) is 8.40. The molecule has 6 heteroatoms. The molecule has 2 heterocycles. The van der Waals surface area contributed by atoms with E-state index in [-0.39, 0.29) is 11.5 Å². The largest absolute Gasteiger partial charge is 0.326 e. The van der Waals surface area contributed by atoms with Gasteiger partial charge in [0, 0.05) is 42.7 Å². The van der Waals surface area contributed by atoms with Gasteiger partial charge in [-0.15, -0.1) is 0 Å². The fourth-order valence-electron chi connectivity index (χ4n) is 2.77. The first-order chi connectivity index (χ1) is 13.0. The summed E-state index contributed by atoms with van der Waals surface area (Å²) < 4.78 is 1.40. The van der Waals surface area contributed by atoms with Crippen LogP contribution in [0.15, 0.2) is 59.7 Å². The third-order valence-corrected chi connectivity index (χ3v) is 4.48. The van der Waals surface area contributed by atoms with Crippen LogP contribution in [0.5, 0.6) is 0 Å². The topological polar surface area (TPSA) is 76.9 Å². The average Bonchev–Trinajstić information content (AvgIpc) is 2.67. The molecule has 1 aromatic carbocycles. The van der Waals surface area contributed by atoms with Gasteiger partial charge in [-0.05, 0) is 55.7 Å². The van der Waals surface area contributed by atoms with E-state index in [1.807, 2.05) is 44.2 Å². The molecule has 1 amide bonds. The van der Waals surface area contributed by atoms with Gasteiger partial charge in [-0.25, -0.2) is 4.68 Å². The highest BCUT2D eigenvalue weighted by Gasteiger charge is 2.08. The third kappa shape index (κ3) is 4.67. The van der Waals surface area contributed by atoms with E-state index in [4.69, 9.17) is 0 Å². The Morgan fingerprint density at radius 2 is 1.96 bits per heavy atom. The monoisotopic (exact) mass is 362 g/mol. The molecule has 3 rings (SSSR count). The standard InChI is InChI=1S/C21H22N4O2/c1-15-6-3-8-18(16(15)2)23-20(26)9-5-13-25-21(27)11-10-19(24-25)17-7-4-12-22-14-17/h3-4,6-8,10-12,14H,5,9,13H2,1-2H3,(H,23,26). The number of aryl methyl sites for hydroxylation is 2. The van der Waals surface area contributed by atoms with Crippen LogP contribution < -0.4 is 10.9 Å². The minimum Gasteiger partial charge on any atom is -0.326 e. The summed E-state index contributed by atoms with van der Waals surface area (Å²) in [5.41, 5.74) is 4.37. The molecule has 0 atom stereocenters. The lowest BCUT2D eigenvalue weighted by Gasteiger charge is -2.11. The molecule has 0 saturated heterocycles. The first-order valence-electron chi connectivity index (χ1n) is 8.89. The smallest absolute Gasteiger partial charge is 0.266 e. The molecule has 0 bridgehead atoms. The molecule has 0 aliphatic heterocycles. The van der Waals surface area contributed by atoms with Gasteiger partial charge in [0.1, 0.15) is 0 Å². The molecule has 0 saturated carbocycles. The number of hydrogen-bond donors (Lipinski definition) is 1. The third-order valence-electron chi connectivity index (χ3n) is 4.48. The Kier molecular flexibility index (Phi) is 5.76. The van der Waals surface area contributed by atoms with Crippen LogP contribution in [0.1, 0.15) is 24.0 Å². The van der Waals surface area contributed by atoms with Crippen LogP contribution in [0.3, 0.4) is 0 Å². The number of pyridine rings is 1. The predicted octanol–water partition coefficient (Wildman–Crippen LogP) is 3.34. The van der Waals surface area contributed by atoms with E-state index < -0.39 is 0 Å². The van der Waals surface area contributed by atoms with Crippen LogP contribution in [-0.4, -0.2) is 20.7 Å². The summed E-state index contributed by atoms with van der Waals surface area (Å²) in [6.07, 6.45) is 4.24. The summed E-state index contributed by atoms with van der Waals surface area (Å²) >= 11 is 0.